The molecule has 1 heterocycles. The number of nitrogens with zero attached hydrogens (tertiary/aromatic N) is 1. The Bertz CT molecular complexity index is 384. The zero-order valence-electron chi connectivity index (χ0n) is 11.0. The summed E-state index contributed by atoms with van der Waals surface area (Å²) < 4.78 is 1.01. The molecule has 1 aromatic rings. The topological polar surface area (TPSA) is 23.5 Å². The van der Waals surface area contributed by atoms with Gasteiger partial charge >= 0.3 is 0 Å². The average molecular weight is 312 g/mol. The molecular formula is C15H22BrNO. The molecular weight excluding hydrogens is 290 g/mol. The predicted molar refractivity (Wildman–Crippen MR) is 80.1 cm³/mol. The van der Waals surface area contributed by atoms with E-state index in [0.717, 1.165) is 23.1 Å². The lowest BCUT2D eigenvalue weighted by Gasteiger charge is -2.27. The van der Waals surface area contributed by atoms with E-state index in [1.165, 1.54) is 37.8 Å². The maximum absolute atomic E-state index is 9.64. The molecule has 0 saturated carbocycles. The highest BCUT2D eigenvalue weighted by atomic mass is 79.9. The van der Waals surface area contributed by atoms with Gasteiger partial charge in [-0.2, -0.15) is 0 Å². The number of halogens is 1. The Hall–Kier alpha value is -0.540. The van der Waals surface area contributed by atoms with Crippen LogP contribution in [0.2, 0.25) is 0 Å². The summed E-state index contributed by atoms with van der Waals surface area (Å²) in [6, 6.07) is 6.31. The third-order valence-corrected chi connectivity index (χ3v) is 4.34. The third-order valence-electron chi connectivity index (χ3n) is 3.66. The van der Waals surface area contributed by atoms with Crippen LogP contribution in [-0.2, 0) is 0 Å². The fourth-order valence-electron chi connectivity index (χ4n) is 2.56. The van der Waals surface area contributed by atoms with Crippen LogP contribution in [0.15, 0.2) is 22.7 Å². The monoisotopic (exact) mass is 311 g/mol. The third kappa shape index (κ3) is 3.48. The second kappa shape index (κ2) is 6.58. The van der Waals surface area contributed by atoms with E-state index in [0.29, 0.717) is 0 Å². The molecule has 1 N–H and O–H groups in total. The Morgan fingerprint density at radius 1 is 1.11 bits per heavy atom. The predicted octanol–water partition coefficient (Wildman–Crippen LogP) is 4.27. The first-order chi connectivity index (χ1) is 8.68. The second-order valence-electron chi connectivity index (χ2n) is 5.14. The maximum atomic E-state index is 9.64. The summed E-state index contributed by atoms with van der Waals surface area (Å²) in [6.45, 7) is 4.11. The minimum atomic E-state index is -0.416. The van der Waals surface area contributed by atoms with Crippen molar-refractivity contribution in [2.24, 2.45) is 0 Å². The summed E-state index contributed by atoms with van der Waals surface area (Å²) in [4.78, 5) is 2.47. The normalized spacial score (nSPS) is 19.2. The van der Waals surface area contributed by atoms with Gasteiger partial charge in [0.15, 0.2) is 0 Å². The van der Waals surface area contributed by atoms with Crippen LogP contribution in [-0.4, -0.2) is 18.2 Å². The van der Waals surface area contributed by atoms with E-state index < -0.39 is 6.10 Å². The van der Waals surface area contributed by atoms with Crippen molar-refractivity contribution in [2.45, 2.75) is 45.1 Å². The standard InChI is InChI=1S/C15H22BrNO/c1-12(18)14-8-7-13(11-15(14)16)17-9-5-3-2-4-6-10-17/h7-8,11-12,18H,2-6,9-10H2,1H3. The highest BCUT2D eigenvalue weighted by Gasteiger charge is 2.12. The fourth-order valence-corrected chi connectivity index (χ4v) is 3.26. The zero-order chi connectivity index (χ0) is 13.0. The first kappa shape index (κ1) is 13.9. The van der Waals surface area contributed by atoms with Crippen LogP contribution in [0.5, 0.6) is 0 Å². The van der Waals surface area contributed by atoms with Gasteiger partial charge in [-0.1, -0.05) is 41.3 Å². The van der Waals surface area contributed by atoms with Crippen LogP contribution in [0.25, 0.3) is 0 Å². The fraction of sp³-hybridized carbons (Fsp3) is 0.600. The number of aliphatic hydroxyl groups is 1. The maximum Gasteiger partial charge on any atom is 0.0772 e. The number of hydrogen-bond donors (Lipinski definition) is 1. The van der Waals surface area contributed by atoms with E-state index in [1.807, 2.05) is 6.07 Å². The molecule has 1 aliphatic heterocycles. The molecule has 1 aromatic carbocycles. The number of aliphatic hydroxyl groups excluding tert-OH is 1. The molecule has 1 fully saturated rings. The molecule has 2 rings (SSSR count). The molecule has 18 heavy (non-hydrogen) atoms. The summed E-state index contributed by atoms with van der Waals surface area (Å²) >= 11 is 3.56. The van der Waals surface area contributed by atoms with Crippen LogP contribution in [0.1, 0.15) is 50.7 Å². The Kier molecular flexibility index (Phi) is 5.07. The molecule has 2 nitrogen and oxygen atoms in total. The minimum Gasteiger partial charge on any atom is -0.389 e. The summed E-state index contributed by atoms with van der Waals surface area (Å²) in [5, 5.41) is 9.64. The second-order valence-corrected chi connectivity index (χ2v) is 5.99. The molecule has 0 spiro atoms. The van der Waals surface area contributed by atoms with Gasteiger partial charge in [-0.15, -0.1) is 0 Å². The van der Waals surface area contributed by atoms with Crippen molar-refractivity contribution in [3.05, 3.63) is 28.2 Å². The van der Waals surface area contributed by atoms with E-state index in [9.17, 15) is 5.11 Å². The van der Waals surface area contributed by atoms with Gasteiger partial charge < -0.3 is 10.0 Å². The van der Waals surface area contributed by atoms with Crippen molar-refractivity contribution < 1.29 is 5.11 Å². The summed E-state index contributed by atoms with van der Waals surface area (Å²) in [7, 11) is 0. The van der Waals surface area contributed by atoms with E-state index in [4.69, 9.17) is 0 Å². The largest absolute Gasteiger partial charge is 0.389 e. The quantitative estimate of drug-likeness (QED) is 0.881. The number of rotatable bonds is 2. The SMILES string of the molecule is CC(O)c1ccc(N2CCCCCCC2)cc1Br. The van der Waals surface area contributed by atoms with E-state index in [-0.39, 0.29) is 0 Å². The average Bonchev–Trinajstić information content (AvgIpc) is 2.27. The lowest BCUT2D eigenvalue weighted by molar-refractivity contribution is 0.198. The lowest BCUT2D eigenvalue weighted by Crippen LogP contribution is -2.26. The molecule has 1 unspecified atom stereocenters. The molecule has 100 valence electrons. The van der Waals surface area contributed by atoms with Crippen LogP contribution >= 0.6 is 15.9 Å². The van der Waals surface area contributed by atoms with Crippen LogP contribution in [0.4, 0.5) is 5.69 Å². The molecule has 1 saturated heterocycles. The van der Waals surface area contributed by atoms with Gasteiger partial charge in [0.2, 0.25) is 0 Å². The Morgan fingerprint density at radius 2 is 1.72 bits per heavy atom. The molecule has 3 heteroatoms. The van der Waals surface area contributed by atoms with E-state index >= 15 is 0 Å². The Balaban J connectivity index is 2.14. The van der Waals surface area contributed by atoms with Crippen molar-refractivity contribution in [3.63, 3.8) is 0 Å². The molecule has 0 bridgehead atoms. The first-order valence-corrected chi connectivity index (χ1v) is 7.70. The summed E-state index contributed by atoms with van der Waals surface area (Å²) in [5.74, 6) is 0. The van der Waals surface area contributed by atoms with Crippen molar-refractivity contribution in [1.29, 1.82) is 0 Å². The lowest BCUT2D eigenvalue weighted by atomic mass is 10.1. The van der Waals surface area contributed by atoms with Crippen molar-refractivity contribution in [2.75, 3.05) is 18.0 Å². The van der Waals surface area contributed by atoms with E-state index in [1.54, 1.807) is 6.92 Å². The van der Waals surface area contributed by atoms with Gasteiger partial charge in [0.05, 0.1) is 6.10 Å². The van der Waals surface area contributed by atoms with Crippen molar-refractivity contribution in [3.8, 4) is 0 Å². The smallest absolute Gasteiger partial charge is 0.0772 e. The molecule has 0 radical (unpaired) electrons. The van der Waals surface area contributed by atoms with Crippen molar-refractivity contribution in [1.82, 2.24) is 0 Å². The van der Waals surface area contributed by atoms with E-state index in [2.05, 4.69) is 33.0 Å². The first-order valence-electron chi connectivity index (χ1n) is 6.91. The van der Waals surface area contributed by atoms with Gasteiger partial charge in [0.25, 0.3) is 0 Å². The Labute approximate surface area is 118 Å². The highest BCUT2D eigenvalue weighted by molar-refractivity contribution is 9.10. The molecule has 1 atom stereocenters. The molecule has 0 aromatic heterocycles. The zero-order valence-corrected chi connectivity index (χ0v) is 12.6. The van der Waals surface area contributed by atoms with Gasteiger partial charge in [-0.25, -0.2) is 0 Å². The number of benzene rings is 1. The summed E-state index contributed by atoms with van der Waals surface area (Å²) in [6.07, 6.45) is 6.25. The van der Waals surface area contributed by atoms with Gasteiger partial charge in [0, 0.05) is 23.2 Å². The van der Waals surface area contributed by atoms with Crippen molar-refractivity contribution >= 4 is 21.6 Å². The van der Waals surface area contributed by atoms with Gasteiger partial charge in [-0.05, 0) is 37.5 Å². The van der Waals surface area contributed by atoms with Gasteiger partial charge in [0.1, 0.15) is 0 Å². The number of anilines is 1. The van der Waals surface area contributed by atoms with Crippen LogP contribution in [0, 0.1) is 0 Å². The Morgan fingerprint density at radius 3 is 2.28 bits per heavy atom. The van der Waals surface area contributed by atoms with Gasteiger partial charge in [-0.3, -0.25) is 0 Å². The highest BCUT2D eigenvalue weighted by Crippen LogP contribution is 2.29. The molecule has 0 amide bonds. The van der Waals surface area contributed by atoms with Crippen LogP contribution < -0.4 is 4.90 Å². The number of hydrogen-bond acceptors (Lipinski definition) is 2. The molecule has 0 aliphatic carbocycles. The minimum absolute atomic E-state index is 0.416. The summed E-state index contributed by atoms with van der Waals surface area (Å²) in [5.41, 5.74) is 2.24. The molecule has 1 aliphatic rings. The van der Waals surface area contributed by atoms with Crippen LogP contribution in [0.3, 0.4) is 0 Å².